The minimum absolute atomic E-state index is 0.0188. The van der Waals surface area contributed by atoms with Crippen LogP contribution in [-0.4, -0.2) is 47.4 Å². The maximum Gasteiger partial charge on any atom is 0.305 e. The first kappa shape index (κ1) is 79.3. The third-order valence-electron chi connectivity index (χ3n) is 17.5. The van der Waals surface area contributed by atoms with E-state index in [-0.39, 0.29) is 18.5 Å². The molecule has 3 N–H and O–H groups in total. The molecule has 6 nitrogen and oxygen atoms in total. The lowest BCUT2D eigenvalue weighted by Gasteiger charge is -2.20. The summed E-state index contributed by atoms with van der Waals surface area (Å²) in [5.74, 6) is -0.0467. The van der Waals surface area contributed by atoms with E-state index in [2.05, 4.69) is 31.3 Å². The minimum atomic E-state index is -0.847. The number of unbranched alkanes of at least 4 members (excludes halogenated alkanes) is 57. The summed E-state index contributed by atoms with van der Waals surface area (Å²) >= 11 is 0. The molecule has 0 aliphatic carbocycles. The van der Waals surface area contributed by atoms with Crippen molar-refractivity contribution in [1.29, 1.82) is 0 Å². The molecule has 0 aromatic rings. The van der Waals surface area contributed by atoms with Gasteiger partial charge in [0, 0.05) is 12.8 Å². The summed E-state index contributed by atoms with van der Waals surface area (Å²) in [5.41, 5.74) is 0. The summed E-state index contributed by atoms with van der Waals surface area (Å²) in [6.45, 7) is 4.95. The molecule has 0 saturated heterocycles. The van der Waals surface area contributed by atoms with Crippen LogP contribution >= 0.6 is 0 Å². The van der Waals surface area contributed by atoms with Crippen molar-refractivity contribution in [2.24, 2.45) is 0 Å². The van der Waals surface area contributed by atoms with Crippen LogP contribution in [0.15, 0.2) is 24.3 Å². The number of hydrogen-bond donors (Lipinski definition) is 3. The van der Waals surface area contributed by atoms with Gasteiger partial charge in [-0.1, -0.05) is 372 Å². The standard InChI is InChI=1S/C75H145NO5/c1-3-5-7-9-11-13-15-17-19-21-22-29-32-36-39-43-47-51-55-59-63-67-73(78)72(71-77)76-74(79)68-64-60-56-52-48-44-40-37-33-30-27-25-23-24-26-28-31-34-38-42-46-50-54-58-62-66-70-81-75(80)69-65-61-57-53-49-45-41-35-20-18-16-14-12-10-8-6-4-2/h23,25,63,67,72-73,77-78H,3-22,24,26-62,64-66,68-71H2,1-2H3,(H,76,79)/b25-23-,67-63+. The number of nitrogens with one attached hydrogen (secondary N) is 1. The highest BCUT2D eigenvalue weighted by Gasteiger charge is 2.18. The first-order chi connectivity index (χ1) is 40.0. The molecule has 480 valence electrons. The molecule has 0 bridgehead atoms. The van der Waals surface area contributed by atoms with Gasteiger partial charge < -0.3 is 20.3 Å². The highest BCUT2D eigenvalue weighted by atomic mass is 16.5. The van der Waals surface area contributed by atoms with Crippen LogP contribution in [0.1, 0.15) is 418 Å². The fourth-order valence-corrected chi connectivity index (χ4v) is 11.8. The number of carbonyl (C=O) groups excluding carboxylic acids is 2. The van der Waals surface area contributed by atoms with E-state index < -0.39 is 12.1 Å². The average molecular weight is 1140 g/mol. The van der Waals surface area contributed by atoms with E-state index in [0.29, 0.717) is 19.4 Å². The number of amides is 1. The van der Waals surface area contributed by atoms with Crippen LogP contribution in [0.5, 0.6) is 0 Å². The highest BCUT2D eigenvalue weighted by molar-refractivity contribution is 5.76. The molecule has 0 fully saturated rings. The monoisotopic (exact) mass is 1140 g/mol. The molecule has 0 aromatic heterocycles. The molecule has 6 heteroatoms. The fourth-order valence-electron chi connectivity index (χ4n) is 11.8. The van der Waals surface area contributed by atoms with Gasteiger partial charge in [0.1, 0.15) is 0 Å². The van der Waals surface area contributed by atoms with Crippen molar-refractivity contribution in [2.45, 2.75) is 431 Å². The molecule has 0 aliphatic rings. The Morgan fingerprint density at radius 3 is 0.877 bits per heavy atom. The Balaban J connectivity index is 3.40. The summed E-state index contributed by atoms with van der Waals surface area (Å²) in [5, 5.41) is 23.3. The van der Waals surface area contributed by atoms with E-state index in [1.54, 1.807) is 6.08 Å². The SMILES string of the molecule is CCCCCCCCCCCCCCCCCCCCC/C=C/C(O)C(CO)NC(=O)CCCCCCCCCCCC/C=C\CCCCCCCCCCCCCCOC(=O)CCCCCCCCCCCCCCCCCCC. The van der Waals surface area contributed by atoms with Crippen molar-refractivity contribution < 1.29 is 24.5 Å². The molecular weight excluding hydrogens is 995 g/mol. The zero-order valence-electron chi connectivity index (χ0n) is 55.0. The summed E-state index contributed by atoms with van der Waals surface area (Å²) in [7, 11) is 0. The molecule has 0 heterocycles. The van der Waals surface area contributed by atoms with Crippen molar-refractivity contribution in [3.8, 4) is 0 Å². The van der Waals surface area contributed by atoms with E-state index in [4.69, 9.17) is 4.74 Å². The van der Waals surface area contributed by atoms with Gasteiger partial charge in [-0.15, -0.1) is 0 Å². The van der Waals surface area contributed by atoms with Gasteiger partial charge in [-0.3, -0.25) is 9.59 Å². The minimum Gasteiger partial charge on any atom is -0.466 e. The Hall–Kier alpha value is -1.66. The summed E-state index contributed by atoms with van der Waals surface area (Å²) in [4.78, 5) is 24.6. The average Bonchev–Trinajstić information content (AvgIpc) is 3.47. The third-order valence-corrected chi connectivity index (χ3v) is 17.5. The third kappa shape index (κ3) is 67.3. The normalized spacial score (nSPS) is 12.6. The number of carbonyl (C=O) groups is 2. The molecule has 2 unspecified atom stereocenters. The van der Waals surface area contributed by atoms with E-state index in [1.807, 2.05) is 6.08 Å². The summed E-state index contributed by atoms with van der Waals surface area (Å²) in [6.07, 6.45) is 89.8. The number of hydrogen-bond acceptors (Lipinski definition) is 5. The van der Waals surface area contributed by atoms with Crippen LogP contribution in [0, 0.1) is 0 Å². The highest BCUT2D eigenvalue weighted by Crippen LogP contribution is 2.19. The molecular formula is C75H145NO5. The zero-order chi connectivity index (χ0) is 58.5. The van der Waals surface area contributed by atoms with Crippen LogP contribution < -0.4 is 5.32 Å². The van der Waals surface area contributed by atoms with Gasteiger partial charge in [0.15, 0.2) is 0 Å². The first-order valence-corrected chi connectivity index (χ1v) is 37.1. The number of aliphatic hydroxyl groups is 2. The van der Waals surface area contributed by atoms with Crippen LogP contribution in [-0.2, 0) is 14.3 Å². The molecule has 0 radical (unpaired) electrons. The van der Waals surface area contributed by atoms with Gasteiger partial charge >= 0.3 is 5.97 Å². The predicted octanol–water partition coefficient (Wildman–Crippen LogP) is 24.1. The van der Waals surface area contributed by atoms with Crippen molar-refractivity contribution in [1.82, 2.24) is 5.32 Å². The number of aliphatic hydroxyl groups excluding tert-OH is 2. The van der Waals surface area contributed by atoms with Crippen LogP contribution in [0.2, 0.25) is 0 Å². The van der Waals surface area contributed by atoms with Gasteiger partial charge in [-0.2, -0.15) is 0 Å². The second-order valence-corrected chi connectivity index (χ2v) is 25.6. The molecule has 0 aromatic carbocycles. The molecule has 0 rings (SSSR count). The van der Waals surface area contributed by atoms with Gasteiger partial charge in [0.2, 0.25) is 5.91 Å². The Morgan fingerprint density at radius 1 is 0.333 bits per heavy atom. The van der Waals surface area contributed by atoms with Crippen molar-refractivity contribution >= 4 is 11.9 Å². The molecule has 0 aliphatic heterocycles. The Bertz CT molecular complexity index is 1270. The zero-order valence-corrected chi connectivity index (χ0v) is 55.0. The number of ether oxygens (including phenoxy) is 1. The topological polar surface area (TPSA) is 95.9 Å². The lowest BCUT2D eigenvalue weighted by atomic mass is 10.0. The molecule has 0 saturated carbocycles. The Morgan fingerprint density at radius 2 is 0.580 bits per heavy atom. The number of allylic oxidation sites excluding steroid dienone is 3. The van der Waals surface area contributed by atoms with Crippen LogP contribution in [0.25, 0.3) is 0 Å². The quantitative estimate of drug-likeness (QED) is 0.0320. The van der Waals surface area contributed by atoms with Crippen LogP contribution in [0.4, 0.5) is 0 Å². The van der Waals surface area contributed by atoms with E-state index in [9.17, 15) is 19.8 Å². The summed E-state index contributed by atoms with van der Waals surface area (Å²) in [6, 6.07) is -0.630. The lowest BCUT2D eigenvalue weighted by molar-refractivity contribution is -0.143. The second-order valence-electron chi connectivity index (χ2n) is 25.6. The van der Waals surface area contributed by atoms with E-state index >= 15 is 0 Å². The largest absolute Gasteiger partial charge is 0.466 e. The van der Waals surface area contributed by atoms with Gasteiger partial charge in [0.25, 0.3) is 0 Å². The smallest absolute Gasteiger partial charge is 0.305 e. The maximum absolute atomic E-state index is 12.5. The Kier molecular flexibility index (Phi) is 69.4. The first-order valence-electron chi connectivity index (χ1n) is 37.1. The van der Waals surface area contributed by atoms with Crippen molar-refractivity contribution in [2.75, 3.05) is 13.2 Å². The molecule has 0 spiro atoms. The number of esters is 1. The number of rotatable bonds is 70. The maximum atomic E-state index is 12.5. The van der Waals surface area contributed by atoms with Crippen LogP contribution in [0.3, 0.4) is 0 Å². The van der Waals surface area contributed by atoms with Gasteiger partial charge in [-0.25, -0.2) is 0 Å². The molecule has 1 amide bonds. The summed E-state index contributed by atoms with van der Waals surface area (Å²) < 4.78 is 5.51. The van der Waals surface area contributed by atoms with E-state index in [0.717, 1.165) is 38.5 Å². The molecule has 2 atom stereocenters. The lowest BCUT2D eigenvalue weighted by Crippen LogP contribution is -2.45. The fraction of sp³-hybridized carbons (Fsp3) is 0.920. The molecule has 81 heavy (non-hydrogen) atoms. The second kappa shape index (κ2) is 70.8. The van der Waals surface area contributed by atoms with Gasteiger partial charge in [-0.05, 0) is 57.8 Å². The van der Waals surface area contributed by atoms with Crippen molar-refractivity contribution in [3.05, 3.63) is 24.3 Å². The predicted molar refractivity (Wildman–Crippen MR) is 356 cm³/mol. The Labute approximate surface area is 507 Å². The van der Waals surface area contributed by atoms with E-state index in [1.165, 1.54) is 353 Å². The van der Waals surface area contributed by atoms with Crippen molar-refractivity contribution in [3.63, 3.8) is 0 Å². The van der Waals surface area contributed by atoms with Gasteiger partial charge in [0.05, 0.1) is 25.4 Å².